The fraction of sp³-hybridized carbons (Fsp3) is 0.125. The average molecular weight is 329 g/mol. The van der Waals surface area contributed by atoms with Crippen LogP contribution in [0.15, 0.2) is 48.7 Å². The third-order valence-corrected chi connectivity index (χ3v) is 4.17. The Hall–Kier alpha value is -2.67. The summed E-state index contributed by atoms with van der Waals surface area (Å²) in [7, 11) is -3.14. The minimum Gasteiger partial charge on any atom is -0.322 e. The predicted octanol–water partition coefficient (Wildman–Crippen LogP) is 2.36. The number of hydrogen-bond acceptors (Lipinski definition) is 4. The van der Waals surface area contributed by atoms with Crippen molar-refractivity contribution in [3.8, 4) is 0 Å². The van der Waals surface area contributed by atoms with E-state index in [9.17, 15) is 13.2 Å². The van der Waals surface area contributed by atoms with Crippen LogP contribution in [0.5, 0.6) is 0 Å². The maximum atomic E-state index is 12.3. The summed E-state index contributed by atoms with van der Waals surface area (Å²) < 4.78 is 22.7. The second-order valence-corrected chi connectivity index (χ2v) is 7.54. The van der Waals surface area contributed by atoms with Gasteiger partial charge in [-0.2, -0.15) is 5.10 Å². The highest BCUT2D eigenvalue weighted by atomic mass is 32.2. The van der Waals surface area contributed by atoms with Crippen molar-refractivity contribution in [1.82, 2.24) is 10.2 Å². The minimum atomic E-state index is -3.14. The Bertz CT molecular complexity index is 977. The van der Waals surface area contributed by atoms with Crippen LogP contribution in [0, 0.1) is 0 Å². The summed E-state index contributed by atoms with van der Waals surface area (Å²) in [6.07, 6.45) is 2.84. The standard InChI is InChI=1S/C16H15N3O3S/c1-23(21,22)10-11-3-2-4-12(7-11)16(20)18-14-5-6-15-13(8-14)9-17-19-15/h2-9H,10H2,1H3,(H,17,19)(H,18,20). The highest BCUT2D eigenvalue weighted by Gasteiger charge is 2.10. The molecule has 0 unspecified atom stereocenters. The SMILES string of the molecule is CS(=O)(=O)Cc1cccc(C(=O)Nc2ccc3[nH]ncc3c2)c1. The van der Waals surface area contributed by atoms with Gasteiger partial charge in [0.1, 0.15) is 0 Å². The lowest BCUT2D eigenvalue weighted by Crippen LogP contribution is -2.12. The number of nitrogens with one attached hydrogen (secondary N) is 2. The van der Waals surface area contributed by atoms with Crippen molar-refractivity contribution < 1.29 is 13.2 Å². The normalized spacial score (nSPS) is 11.5. The number of amides is 1. The second kappa shape index (κ2) is 5.85. The molecule has 118 valence electrons. The van der Waals surface area contributed by atoms with Gasteiger partial charge >= 0.3 is 0 Å². The van der Waals surface area contributed by atoms with Crippen molar-refractivity contribution >= 4 is 32.3 Å². The highest BCUT2D eigenvalue weighted by Crippen LogP contribution is 2.18. The first-order valence-corrected chi connectivity index (χ1v) is 8.98. The van der Waals surface area contributed by atoms with Gasteiger partial charge in [0.2, 0.25) is 0 Å². The number of aromatic nitrogens is 2. The summed E-state index contributed by atoms with van der Waals surface area (Å²) in [4.78, 5) is 12.3. The maximum Gasteiger partial charge on any atom is 0.255 e. The number of benzene rings is 2. The lowest BCUT2D eigenvalue weighted by Gasteiger charge is -2.07. The van der Waals surface area contributed by atoms with Crippen LogP contribution < -0.4 is 5.32 Å². The van der Waals surface area contributed by atoms with Gasteiger partial charge in [0, 0.05) is 22.9 Å². The third-order valence-electron chi connectivity index (χ3n) is 3.32. The molecule has 0 radical (unpaired) electrons. The van der Waals surface area contributed by atoms with Crippen molar-refractivity contribution in [3.05, 3.63) is 59.8 Å². The van der Waals surface area contributed by atoms with E-state index in [4.69, 9.17) is 0 Å². The smallest absolute Gasteiger partial charge is 0.255 e. The average Bonchev–Trinajstić information content (AvgIpc) is 2.93. The van der Waals surface area contributed by atoms with Crippen LogP contribution in [0.4, 0.5) is 5.69 Å². The Morgan fingerprint density at radius 1 is 1.22 bits per heavy atom. The Balaban J connectivity index is 1.81. The zero-order chi connectivity index (χ0) is 16.4. The topological polar surface area (TPSA) is 91.9 Å². The summed E-state index contributed by atoms with van der Waals surface area (Å²) in [6, 6.07) is 12.0. The van der Waals surface area contributed by atoms with E-state index in [-0.39, 0.29) is 11.7 Å². The van der Waals surface area contributed by atoms with Gasteiger partial charge in [-0.25, -0.2) is 8.42 Å². The van der Waals surface area contributed by atoms with Gasteiger partial charge in [0.25, 0.3) is 5.91 Å². The van der Waals surface area contributed by atoms with Gasteiger partial charge in [-0.05, 0) is 35.9 Å². The molecule has 1 amide bonds. The molecule has 0 saturated heterocycles. The molecule has 2 aromatic carbocycles. The number of H-pyrrole nitrogens is 1. The number of sulfone groups is 1. The van der Waals surface area contributed by atoms with E-state index in [0.717, 1.165) is 10.9 Å². The van der Waals surface area contributed by atoms with Crippen molar-refractivity contribution in [2.75, 3.05) is 11.6 Å². The molecule has 0 atom stereocenters. The van der Waals surface area contributed by atoms with Crippen molar-refractivity contribution in [3.63, 3.8) is 0 Å². The monoisotopic (exact) mass is 329 g/mol. The predicted molar refractivity (Wildman–Crippen MR) is 89.0 cm³/mol. The molecule has 0 bridgehead atoms. The highest BCUT2D eigenvalue weighted by molar-refractivity contribution is 7.89. The molecule has 1 aromatic heterocycles. The van der Waals surface area contributed by atoms with Crippen LogP contribution in [0.3, 0.4) is 0 Å². The van der Waals surface area contributed by atoms with Gasteiger partial charge in [-0.15, -0.1) is 0 Å². The van der Waals surface area contributed by atoms with E-state index >= 15 is 0 Å². The van der Waals surface area contributed by atoms with E-state index < -0.39 is 9.84 Å². The molecular formula is C16H15N3O3S. The van der Waals surface area contributed by atoms with Crippen LogP contribution in [0.2, 0.25) is 0 Å². The van der Waals surface area contributed by atoms with Crippen molar-refractivity contribution in [2.24, 2.45) is 0 Å². The largest absolute Gasteiger partial charge is 0.322 e. The molecule has 7 heteroatoms. The zero-order valence-corrected chi connectivity index (χ0v) is 13.2. The second-order valence-electron chi connectivity index (χ2n) is 5.40. The van der Waals surface area contributed by atoms with Crippen LogP contribution in [0.25, 0.3) is 10.9 Å². The van der Waals surface area contributed by atoms with Crippen LogP contribution in [0.1, 0.15) is 15.9 Å². The van der Waals surface area contributed by atoms with E-state index in [0.29, 0.717) is 16.8 Å². The molecule has 6 nitrogen and oxygen atoms in total. The van der Waals surface area contributed by atoms with Crippen molar-refractivity contribution in [1.29, 1.82) is 0 Å². The molecule has 0 aliphatic rings. The fourth-order valence-corrected chi connectivity index (χ4v) is 3.11. The number of carbonyl (C=O) groups excluding carboxylic acids is 1. The number of nitrogens with zero attached hydrogens (tertiary/aromatic N) is 1. The summed E-state index contributed by atoms with van der Waals surface area (Å²) >= 11 is 0. The van der Waals surface area contributed by atoms with Crippen LogP contribution in [-0.2, 0) is 15.6 Å². The van der Waals surface area contributed by atoms with Crippen LogP contribution in [-0.4, -0.2) is 30.8 Å². The molecule has 3 aromatic rings. The van der Waals surface area contributed by atoms with Gasteiger partial charge in [0.15, 0.2) is 9.84 Å². The zero-order valence-electron chi connectivity index (χ0n) is 12.4. The minimum absolute atomic E-state index is 0.0882. The summed E-state index contributed by atoms with van der Waals surface area (Å²) in [5.41, 5.74) is 2.54. The molecule has 0 saturated carbocycles. The van der Waals surface area contributed by atoms with E-state index in [1.807, 2.05) is 12.1 Å². The van der Waals surface area contributed by atoms with E-state index in [2.05, 4.69) is 15.5 Å². The van der Waals surface area contributed by atoms with E-state index in [1.165, 1.54) is 6.26 Å². The third kappa shape index (κ3) is 3.75. The first kappa shape index (κ1) is 15.2. The Kier molecular flexibility index (Phi) is 3.87. The van der Waals surface area contributed by atoms with E-state index in [1.54, 1.807) is 36.5 Å². The maximum absolute atomic E-state index is 12.3. The molecule has 23 heavy (non-hydrogen) atoms. The molecule has 2 N–H and O–H groups in total. The molecule has 0 aliphatic heterocycles. The molecule has 3 rings (SSSR count). The Morgan fingerprint density at radius 3 is 2.83 bits per heavy atom. The first-order chi connectivity index (χ1) is 10.9. The Labute approximate surface area is 133 Å². The number of fused-ring (bicyclic) bond motifs is 1. The number of rotatable bonds is 4. The number of aromatic amines is 1. The molecule has 0 fully saturated rings. The van der Waals surface area contributed by atoms with Crippen molar-refractivity contribution in [2.45, 2.75) is 5.75 Å². The quantitative estimate of drug-likeness (QED) is 0.768. The lowest BCUT2D eigenvalue weighted by atomic mass is 10.1. The van der Waals surface area contributed by atoms with Gasteiger partial charge in [0.05, 0.1) is 17.5 Å². The number of carbonyl (C=O) groups is 1. The van der Waals surface area contributed by atoms with Gasteiger partial charge < -0.3 is 5.32 Å². The molecular weight excluding hydrogens is 314 g/mol. The fourth-order valence-electron chi connectivity index (χ4n) is 2.33. The number of hydrogen-bond donors (Lipinski definition) is 2. The molecule has 1 heterocycles. The molecule has 0 aliphatic carbocycles. The lowest BCUT2D eigenvalue weighted by molar-refractivity contribution is 0.102. The van der Waals surface area contributed by atoms with Gasteiger partial charge in [-0.3, -0.25) is 9.89 Å². The summed E-state index contributed by atoms with van der Waals surface area (Å²) in [6.45, 7) is 0. The van der Waals surface area contributed by atoms with Gasteiger partial charge in [-0.1, -0.05) is 12.1 Å². The number of anilines is 1. The summed E-state index contributed by atoms with van der Waals surface area (Å²) in [5.74, 6) is -0.377. The summed E-state index contributed by atoms with van der Waals surface area (Å²) in [5, 5.41) is 10.5. The first-order valence-electron chi connectivity index (χ1n) is 6.92. The molecule has 0 spiro atoms. The van der Waals surface area contributed by atoms with Crippen LogP contribution >= 0.6 is 0 Å². The Morgan fingerprint density at radius 2 is 2.04 bits per heavy atom.